The van der Waals surface area contributed by atoms with Gasteiger partial charge < -0.3 is 5.32 Å². The molecule has 19 heavy (non-hydrogen) atoms. The van der Waals surface area contributed by atoms with Crippen LogP contribution in [0.2, 0.25) is 0 Å². The van der Waals surface area contributed by atoms with Crippen LogP contribution in [0.5, 0.6) is 0 Å². The average molecular weight is 367 g/mol. The molecule has 0 heterocycles. The Hall–Kier alpha value is -0.580. The van der Waals surface area contributed by atoms with E-state index in [1.54, 1.807) is 0 Å². The highest BCUT2D eigenvalue weighted by atomic mass is 127. The number of nitrogens with one attached hydrogen (secondary N) is 1. The first-order valence-electron chi connectivity index (χ1n) is 7.22. The molecule has 3 aliphatic rings. The predicted octanol–water partition coefficient (Wildman–Crippen LogP) is 3.83. The highest BCUT2D eigenvalue weighted by molar-refractivity contribution is 14.1. The summed E-state index contributed by atoms with van der Waals surface area (Å²) in [5.74, 6) is 3.77. The highest BCUT2D eigenvalue weighted by Gasteiger charge is 2.67. The lowest BCUT2D eigenvalue weighted by Crippen LogP contribution is -2.19. The Bertz CT molecular complexity index is 540. The number of carbonyl (C=O) groups excluding carboxylic acids is 1. The van der Waals surface area contributed by atoms with Crippen LogP contribution >= 0.6 is 22.6 Å². The van der Waals surface area contributed by atoms with Gasteiger partial charge in [-0.25, -0.2) is 0 Å². The van der Waals surface area contributed by atoms with E-state index in [2.05, 4.69) is 53.0 Å². The topological polar surface area (TPSA) is 29.1 Å². The molecule has 0 radical (unpaired) electrons. The fourth-order valence-corrected chi connectivity index (χ4v) is 5.11. The molecule has 100 valence electrons. The first-order chi connectivity index (χ1) is 9.15. The van der Waals surface area contributed by atoms with Crippen LogP contribution in [-0.2, 0) is 4.79 Å². The maximum absolute atomic E-state index is 12.5. The molecule has 0 spiro atoms. The van der Waals surface area contributed by atoms with Crippen molar-refractivity contribution < 1.29 is 4.79 Å². The molecule has 0 saturated heterocycles. The lowest BCUT2D eigenvalue weighted by molar-refractivity contribution is -0.118. The summed E-state index contributed by atoms with van der Waals surface area (Å²) in [5, 5.41) is 3.17. The van der Waals surface area contributed by atoms with Crippen molar-refractivity contribution in [1.82, 2.24) is 0 Å². The van der Waals surface area contributed by atoms with Gasteiger partial charge in [-0.1, -0.05) is 6.07 Å². The Morgan fingerprint density at radius 1 is 1.26 bits per heavy atom. The molecule has 4 atom stereocenters. The zero-order valence-electron chi connectivity index (χ0n) is 11.0. The van der Waals surface area contributed by atoms with Crippen LogP contribution in [-0.4, -0.2) is 5.91 Å². The molecule has 4 unspecified atom stereocenters. The van der Waals surface area contributed by atoms with E-state index in [0.717, 1.165) is 34.9 Å². The van der Waals surface area contributed by atoms with Gasteiger partial charge in [-0.15, -0.1) is 0 Å². The zero-order valence-corrected chi connectivity index (χ0v) is 13.2. The van der Waals surface area contributed by atoms with Crippen molar-refractivity contribution in [2.75, 3.05) is 5.32 Å². The predicted molar refractivity (Wildman–Crippen MR) is 83.8 cm³/mol. The first kappa shape index (κ1) is 12.2. The summed E-state index contributed by atoms with van der Waals surface area (Å²) in [6.45, 7) is 2.06. The van der Waals surface area contributed by atoms with Crippen LogP contribution < -0.4 is 5.32 Å². The lowest BCUT2D eigenvalue weighted by atomic mass is 10.0. The smallest absolute Gasteiger partial charge is 0.228 e. The van der Waals surface area contributed by atoms with Crippen molar-refractivity contribution in [2.24, 2.45) is 29.6 Å². The molecule has 3 aliphatic carbocycles. The Kier molecular flexibility index (Phi) is 2.70. The van der Waals surface area contributed by atoms with E-state index in [1.807, 2.05) is 0 Å². The van der Waals surface area contributed by atoms with Crippen LogP contribution in [0.1, 0.15) is 24.8 Å². The molecule has 3 saturated carbocycles. The second kappa shape index (κ2) is 4.21. The largest absolute Gasteiger partial charge is 0.326 e. The summed E-state index contributed by atoms with van der Waals surface area (Å²) in [6, 6.07) is 6.23. The third-order valence-corrected chi connectivity index (χ3v) is 6.17. The summed E-state index contributed by atoms with van der Waals surface area (Å²) in [7, 11) is 0. The minimum Gasteiger partial charge on any atom is -0.326 e. The number of hydrogen-bond donors (Lipinski definition) is 1. The van der Waals surface area contributed by atoms with Crippen molar-refractivity contribution in [3.63, 3.8) is 0 Å². The van der Waals surface area contributed by atoms with E-state index < -0.39 is 0 Å². The number of amides is 1. The maximum Gasteiger partial charge on any atom is 0.228 e. The van der Waals surface area contributed by atoms with E-state index in [4.69, 9.17) is 0 Å². The number of fused-ring (bicyclic) bond motifs is 5. The SMILES string of the molecule is Cc1ccc(I)cc1NC(=O)C1C2C3CCC(C3)C12. The number of hydrogen-bond acceptors (Lipinski definition) is 1. The van der Waals surface area contributed by atoms with Crippen molar-refractivity contribution in [3.8, 4) is 0 Å². The molecule has 1 aromatic rings. The van der Waals surface area contributed by atoms with Gasteiger partial charge in [0.25, 0.3) is 0 Å². The molecule has 0 aromatic heterocycles. The normalized spacial score (nSPS) is 38.1. The molecule has 1 aromatic carbocycles. The lowest BCUT2D eigenvalue weighted by Gasteiger charge is -2.11. The molecule has 4 rings (SSSR count). The van der Waals surface area contributed by atoms with E-state index in [9.17, 15) is 4.79 Å². The standard InChI is InChI=1S/C16H18INO/c1-8-2-5-11(17)7-12(8)18-16(19)15-13-9-3-4-10(6-9)14(13)15/h2,5,7,9-10,13-15H,3-4,6H2,1H3,(H,18,19). The molecular formula is C16H18INO. The summed E-state index contributed by atoms with van der Waals surface area (Å²) < 4.78 is 1.18. The van der Waals surface area contributed by atoms with E-state index in [-0.39, 0.29) is 5.91 Å². The summed E-state index contributed by atoms with van der Waals surface area (Å²) in [6.07, 6.45) is 4.15. The van der Waals surface area contributed by atoms with E-state index in [1.165, 1.54) is 22.8 Å². The summed E-state index contributed by atoms with van der Waals surface area (Å²) in [4.78, 5) is 12.5. The number of anilines is 1. The minimum absolute atomic E-state index is 0.275. The Morgan fingerprint density at radius 2 is 1.95 bits per heavy atom. The number of benzene rings is 1. The quantitative estimate of drug-likeness (QED) is 0.791. The Balaban J connectivity index is 1.50. The van der Waals surface area contributed by atoms with Crippen molar-refractivity contribution >= 4 is 34.2 Å². The fourth-order valence-electron chi connectivity index (χ4n) is 4.62. The third kappa shape index (κ3) is 1.84. The average Bonchev–Trinajstić information content (AvgIpc) is 2.83. The first-order valence-corrected chi connectivity index (χ1v) is 8.30. The van der Waals surface area contributed by atoms with Crippen LogP contribution in [0, 0.1) is 40.1 Å². The molecule has 1 amide bonds. The van der Waals surface area contributed by atoms with Crippen LogP contribution in [0.25, 0.3) is 0 Å². The summed E-state index contributed by atoms with van der Waals surface area (Å²) >= 11 is 2.29. The van der Waals surface area contributed by atoms with Crippen LogP contribution in [0.15, 0.2) is 18.2 Å². The van der Waals surface area contributed by atoms with Crippen molar-refractivity contribution in [2.45, 2.75) is 26.2 Å². The molecule has 3 heteroatoms. The van der Waals surface area contributed by atoms with Gasteiger partial charge in [0, 0.05) is 15.2 Å². The molecule has 2 nitrogen and oxygen atoms in total. The van der Waals surface area contributed by atoms with Gasteiger partial charge in [0.05, 0.1) is 0 Å². The minimum atomic E-state index is 0.275. The van der Waals surface area contributed by atoms with Crippen molar-refractivity contribution in [3.05, 3.63) is 27.3 Å². The molecule has 0 aliphatic heterocycles. The van der Waals surface area contributed by atoms with E-state index in [0.29, 0.717) is 5.92 Å². The zero-order chi connectivity index (χ0) is 13.1. The number of halogens is 1. The number of aryl methyl sites for hydroxylation is 1. The van der Waals surface area contributed by atoms with Crippen molar-refractivity contribution in [1.29, 1.82) is 0 Å². The van der Waals surface area contributed by atoms with Crippen LogP contribution in [0.4, 0.5) is 5.69 Å². The van der Waals surface area contributed by atoms with Gasteiger partial charge in [-0.3, -0.25) is 4.79 Å². The van der Waals surface area contributed by atoms with E-state index >= 15 is 0 Å². The Labute approximate surface area is 127 Å². The number of rotatable bonds is 2. The van der Waals surface area contributed by atoms with Gasteiger partial charge >= 0.3 is 0 Å². The van der Waals surface area contributed by atoms with Gasteiger partial charge in [0.15, 0.2) is 0 Å². The monoisotopic (exact) mass is 367 g/mol. The van der Waals surface area contributed by atoms with Gasteiger partial charge in [-0.2, -0.15) is 0 Å². The van der Waals surface area contributed by atoms with Crippen LogP contribution in [0.3, 0.4) is 0 Å². The number of carbonyl (C=O) groups is 1. The molecular weight excluding hydrogens is 349 g/mol. The second-order valence-electron chi connectivity index (χ2n) is 6.46. The molecule has 3 fully saturated rings. The summed E-state index contributed by atoms with van der Waals surface area (Å²) in [5.41, 5.74) is 2.15. The fraction of sp³-hybridized carbons (Fsp3) is 0.562. The van der Waals surface area contributed by atoms with Gasteiger partial charge in [0.2, 0.25) is 5.91 Å². The second-order valence-corrected chi connectivity index (χ2v) is 7.71. The maximum atomic E-state index is 12.5. The van der Waals surface area contributed by atoms with Gasteiger partial charge in [0.1, 0.15) is 0 Å². The molecule has 1 N–H and O–H groups in total. The Morgan fingerprint density at radius 3 is 2.63 bits per heavy atom. The van der Waals surface area contributed by atoms with Gasteiger partial charge in [-0.05, 0) is 90.1 Å². The molecule has 2 bridgehead atoms. The third-order valence-electron chi connectivity index (χ3n) is 5.50. The highest BCUT2D eigenvalue weighted by Crippen LogP contribution is 2.69.